The number of aliphatic hydroxyl groups is 24. The van der Waals surface area contributed by atoms with Gasteiger partial charge < -0.3 is 208 Å². The normalized spacial score (nSPS) is 56.7. The predicted molar refractivity (Wildman–Crippen MR) is 368 cm³/mol. The van der Waals surface area contributed by atoms with E-state index < -0.39 is 304 Å². The summed E-state index contributed by atoms with van der Waals surface area (Å²) >= 11 is 0. The first-order valence-corrected chi connectivity index (χ1v) is 40.3. The Hall–Kier alpha value is -1.68. The largest absolute Gasteiger partial charge is 0.394 e. The molecule has 115 heavy (non-hydrogen) atoms. The second kappa shape index (κ2) is 36.1. The minimum Gasteiger partial charge on any atom is -0.394 e. The van der Waals surface area contributed by atoms with Crippen LogP contribution in [0.1, 0.15) is 85.5 Å². The summed E-state index contributed by atoms with van der Waals surface area (Å²) in [7, 11) is 0. The Morgan fingerprint density at radius 2 is 0.748 bits per heavy atom. The van der Waals surface area contributed by atoms with Crippen molar-refractivity contribution in [3.05, 3.63) is 0 Å². The summed E-state index contributed by atoms with van der Waals surface area (Å²) in [6.45, 7) is 2.31. The minimum absolute atomic E-state index is 0.0465. The van der Waals surface area contributed by atoms with Crippen LogP contribution in [0.3, 0.4) is 0 Å². The van der Waals surface area contributed by atoms with Gasteiger partial charge in [-0.2, -0.15) is 0 Å². The number of ether oxygens (including phenoxy) is 18. The molecule has 14 rings (SSSR count). The van der Waals surface area contributed by atoms with Gasteiger partial charge in [-0.3, -0.25) is 0 Å². The molecule has 664 valence electrons. The Kier molecular flexibility index (Phi) is 28.1. The van der Waals surface area contributed by atoms with Crippen molar-refractivity contribution in [2.75, 3.05) is 59.5 Å². The van der Waals surface area contributed by atoms with E-state index in [-0.39, 0.29) is 34.7 Å². The third-order valence-corrected chi connectivity index (χ3v) is 28.1. The zero-order valence-corrected chi connectivity index (χ0v) is 64.0. The molecule has 42 heteroatoms. The predicted octanol–water partition coefficient (Wildman–Crippen LogP) is -11.4. The highest BCUT2D eigenvalue weighted by Crippen LogP contribution is 2.72. The first-order valence-electron chi connectivity index (χ1n) is 40.3. The van der Waals surface area contributed by atoms with E-state index in [0.29, 0.717) is 43.1 Å². The molecule has 51 unspecified atom stereocenters. The standard InChI is InChI=1S/C73H120O42/c1-23-7-10-73(100-20-23)24(2)40-31(115-73)12-28-26-6-5-25-11-30(29(80)13-72(25,4)27(26)8-9-71(28,40)3)101-65-55(95)50(90)58(37(19-79)107-65)110-70-62(114-66-53(93)48(88)41(81)32(14-74)104-66)61(46(86)36(18-78)106-70)113-68-56(96)59(45(85)35(17-77)105-68)112-69-57(97)60(47(87)39(109-69)22-99-64-52(92)43(83)34(16-76)103-64)111-67-54(94)49(89)44(84)38(108-67)21-98-63-51(91)42(82)33(15-75)102-63/h23-70,74-97H,5-22H2,1-4H3. The van der Waals surface area contributed by atoms with Crippen molar-refractivity contribution in [1.29, 1.82) is 0 Å². The summed E-state index contributed by atoms with van der Waals surface area (Å²) in [5.41, 5.74) is -0.253. The maximum Gasteiger partial charge on any atom is 0.187 e. The van der Waals surface area contributed by atoms with Gasteiger partial charge in [0.05, 0.1) is 77.8 Å². The Morgan fingerprint density at radius 3 is 1.28 bits per heavy atom. The molecule has 0 bridgehead atoms. The molecule has 1 spiro atoms. The lowest BCUT2D eigenvalue weighted by molar-refractivity contribution is -0.412. The van der Waals surface area contributed by atoms with Gasteiger partial charge in [0.15, 0.2) is 56.1 Å². The second-order valence-corrected chi connectivity index (χ2v) is 34.8. The molecule has 0 radical (unpaired) electrons. The van der Waals surface area contributed by atoms with Gasteiger partial charge in [0.1, 0.15) is 183 Å². The molecule has 10 aliphatic heterocycles. The van der Waals surface area contributed by atoms with Crippen molar-refractivity contribution >= 4 is 0 Å². The van der Waals surface area contributed by atoms with Gasteiger partial charge >= 0.3 is 0 Å². The van der Waals surface area contributed by atoms with E-state index in [2.05, 4.69) is 27.7 Å². The van der Waals surface area contributed by atoms with E-state index in [1.165, 1.54) is 0 Å². The minimum atomic E-state index is -2.48. The highest BCUT2D eigenvalue weighted by atomic mass is 16.8. The fourth-order valence-corrected chi connectivity index (χ4v) is 21.5. The van der Waals surface area contributed by atoms with E-state index in [1.54, 1.807) is 0 Å². The Balaban J connectivity index is 0.684. The molecule has 24 N–H and O–H groups in total. The molecule has 10 saturated heterocycles. The molecule has 0 aromatic rings. The highest BCUT2D eigenvalue weighted by Gasteiger charge is 2.71. The zero-order chi connectivity index (χ0) is 82.7. The first-order chi connectivity index (χ1) is 54.7. The van der Waals surface area contributed by atoms with Crippen molar-refractivity contribution in [2.45, 2.75) is 343 Å². The fraction of sp³-hybridized carbons (Fsp3) is 1.00. The second-order valence-electron chi connectivity index (χ2n) is 34.8. The third kappa shape index (κ3) is 16.6. The van der Waals surface area contributed by atoms with Gasteiger partial charge in [0.25, 0.3) is 0 Å². The van der Waals surface area contributed by atoms with Crippen LogP contribution in [-0.4, -0.2) is 440 Å². The van der Waals surface area contributed by atoms with Gasteiger partial charge in [-0.1, -0.05) is 27.7 Å². The summed E-state index contributed by atoms with van der Waals surface area (Å²) in [6, 6.07) is 0. The quantitative estimate of drug-likeness (QED) is 0.0399. The number of rotatable bonds is 24. The number of fused-ring (bicyclic) bond motifs is 7. The third-order valence-electron chi connectivity index (χ3n) is 28.1. The van der Waals surface area contributed by atoms with Gasteiger partial charge in [0, 0.05) is 12.3 Å². The molecule has 4 saturated carbocycles. The lowest BCUT2D eigenvalue weighted by Gasteiger charge is -2.62. The topological polar surface area (TPSA) is 652 Å². The smallest absolute Gasteiger partial charge is 0.187 e. The molecule has 0 aromatic heterocycles. The van der Waals surface area contributed by atoms with Crippen molar-refractivity contribution < 1.29 is 208 Å². The van der Waals surface area contributed by atoms with Gasteiger partial charge in [-0.15, -0.1) is 0 Å². The van der Waals surface area contributed by atoms with Gasteiger partial charge in [-0.25, -0.2) is 0 Å². The molecular formula is C73H120O42. The van der Waals surface area contributed by atoms with Crippen molar-refractivity contribution in [3.8, 4) is 0 Å². The fourth-order valence-electron chi connectivity index (χ4n) is 21.5. The van der Waals surface area contributed by atoms with Crippen LogP contribution < -0.4 is 0 Å². The SMILES string of the molecule is CC1CCC2(OC1)OC1CC3C4CCC5CC(OC6OC(CO)C(OC7OC(CO)C(O)C(OC8OC(CO)C(O)C(OC9OC(COC%10OC(CO)C(O)C%10O)C(O)C(OC%10OC(COC%11OC(CO)C(O)C%11O)C(O)C(O)C%10O)C9O)C8O)C7OC7OC(CO)C(O)C(O)C7O)C(O)C6O)C(O)CC5(C)C4CCC3(C)C1C2C. The van der Waals surface area contributed by atoms with E-state index in [1.807, 2.05) is 0 Å². The van der Waals surface area contributed by atoms with Crippen LogP contribution in [0.2, 0.25) is 0 Å². The lowest BCUT2D eigenvalue weighted by Crippen LogP contribution is -2.69. The van der Waals surface area contributed by atoms with Crippen LogP contribution in [0.4, 0.5) is 0 Å². The zero-order valence-electron chi connectivity index (χ0n) is 64.0. The molecule has 10 heterocycles. The number of hydrogen-bond donors (Lipinski definition) is 24. The average molecular weight is 1670 g/mol. The summed E-state index contributed by atoms with van der Waals surface area (Å²) in [6.07, 6.45) is -70.9. The molecular weight excluding hydrogens is 1550 g/mol. The maximum atomic E-state index is 12.5. The summed E-state index contributed by atoms with van der Waals surface area (Å²) in [5.74, 6) is 1.68. The van der Waals surface area contributed by atoms with Crippen LogP contribution in [0.15, 0.2) is 0 Å². The van der Waals surface area contributed by atoms with E-state index >= 15 is 0 Å². The van der Waals surface area contributed by atoms with Crippen LogP contribution in [-0.2, 0) is 85.3 Å². The Morgan fingerprint density at radius 1 is 0.339 bits per heavy atom. The van der Waals surface area contributed by atoms with E-state index in [9.17, 15) is 123 Å². The lowest BCUT2D eigenvalue weighted by atomic mass is 9.44. The maximum absolute atomic E-state index is 12.5. The van der Waals surface area contributed by atoms with Crippen LogP contribution >= 0.6 is 0 Å². The number of aliphatic hydroxyl groups excluding tert-OH is 24. The highest BCUT2D eigenvalue weighted by molar-refractivity contribution is 5.16. The average Bonchev–Trinajstić information content (AvgIpc) is 1.54. The molecule has 0 aromatic carbocycles. The Labute approximate surface area is 660 Å². The molecule has 14 aliphatic rings. The van der Waals surface area contributed by atoms with E-state index in [4.69, 9.17) is 85.3 Å². The monoisotopic (exact) mass is 1670 g/mol. The number of hydrogen-bond acceptors (Lipinski definition) is 42. The summed E-state index contributed by atoms with van der Waals surface area (Å²) in [5, 5.41) is 268. The van der Waals surface area contributed by atoms with Crippen molar-refractivity contribution in [1.82, 2.24) is 0 Å². The Bertz CT molecular complexity index is 3120. The van der Waals surface area contributed by atoms with Crippen molar-refractivity contribution in [2.24, 2.45) is 52.3 Å². The molecule has 0 amide bonds. The summed E-state index contributed by atoms with van der Waals surface area (Å²) in [4.78, 5) is 0. The summed E-state index contributed by atoms with van der Waals surface area (Å²) < 4.78 is 108. The first kappa shape index (κ1) is 89.6. The van der Waals surface area contributed by atoms with Crippen molar-refractivity contribution in [3.63, 3.8) is 0 Å². The van der Waals surface area contributed by atoms with Gasteiger partial charge in [-0.05, 0) is 97.7 Å². The van der Waals surface area contributed by atoms with Crippen LogP contribution in [0.25, 0.3) is 0 Å². The molecule has 4 aliphatic carbocycles. The molecule has 51 atom stereocenters. The van der Waals surface area contributed by atoms with Gasteiger partial charge in [0.2, 0.25) is 0 Å². The van der Waals surface area contributed by atoms with Crippen LogP contribution in [0, 0.1) is 52.3 Å². The molecule has 42 nitrogen and oxygen atoms in total. The van der Waals surface area contributed by atoms with Crippen LogP contribution in [0.5, 0.6) is 0 Å². The van der Waals surface area contributed by atoms with E-state index in [0.717, 1.165) is 44.9 Å². The molecule has 14 fully saturated rings.